The van der Waals surface area contributed by atoms with Crippen molar-refractivity contribution in [2.75, 3.05) is 7.11 Å². The molecule has 0 atom stereocenters. The topological polar surface area (TPSA) is 38.7 Å². The molecule has 2 aromatic carbocycles. The second-order valence-electron chi connectivity index (χ2n) is 3.63. The van der Waals surface area contributed by atoms with Crippen molar-refractivity contribution < 1.29 is 14.6 Å². The molecule has 1 heterocycles. The largest absolute Gasteiger partial charge is 0.449 e. The summed E-state index contributed by atoms with van der Waals surface area (Å²) >= 11 is 23.7. The molecule has 0 amide bonds. The summed E-state index contributed by atoms with van der Waals surface area (Å²) in [7, 11) is 1.00. The maximum absolute atomic E-state index is 7.00. The molecule has 1 aliphatic rings. The number of aliphatic hydroxyl groups excluding tert-OH is 1. The van der Waals surface area contributed by atoms with Crippen molar-refractivity contribution in [2.45, 2.75) is 0 Å². The predicted molar refractivity (Wildman–Crippen MR) is 81.2 cm³/mol. The Kier molecular flexibility index (Phi) is 4.89. The molecule has 2 aromatic rings. The fourth-order valence-electron chi connectivity index (χ4n) is 1.58. The Hall–Kier alpha value is -0.840. The zero-order valence-corrected chi connectivity index (χ0v) is 13.1. The first kappa shape index (κ1) is 15.5. The molecule has 0 spiro atoms. The van der Waals surface area contributed by atoms with Crippen LogP contribution in [0.4, 0.5) is 0 Å². The molecule has 3 nitrogen and oxygen atoms in total. The van der Waals surface area contributed by atoms with E-state index in [2.05, 4.69) is 0 Å². The third-order valence-electron chi connectivity index (χ3n) is 2.41. The fraction of sp³-hybridized carbons (Fsp3) is 0.0769. The molecule has 1 N–H and O–H groups in total. The third-order valence-corrected chi connectivity index (χ3v) is 3.86. The molecule has 0 aliphatic carbocycles. The average Bonchev–Trinajstić information content (AvgIpc) is 2.42. The zero-order valence-electron chi connectivity index (χ0n) is 10.1. The van der Waals surface area contributed by atoms with Crippen molar-refractivity contribution in [1.29, 1.82) is 0 Å². The maximum atomic E-state index is 7.00. The van der Waals surface area contributed by atoms with Gasteiger partial charge in [-0.2, -0.15) is 0 Å². The normalized spacial score (nSPS) is 11.3. The van der Waals surface area contributed by atoms with E-state index in [0.29, 0.717) is 43.1 Å². The Labute approximate surface area is 135 Å². The van der Waals surface area contributed by atoms with Crippen molar-refractivity contribution in [3.63, 3.8) is 0 Å². The van der Waals surface area contributed by atoms with Gasteiger partial charge in [-0.1, -0.05) is 46.4 Å². The molecular formula is C13H8Cl4O3. The Morgan fingerprint density at radius 1 is 0.600 bits per heavy atom. The minimum Gasteiger partial charge on any atom is -0.449 e. The smallest absolute Gasteiger partial charge is 0.171 e. The monoisotopic (exact) mass is 352 g/mol. The van der Waals surface area contributed by atoms with Crippen LogP contribution in [0.2, 0.25) is 20.1 Å². The first-order valence-electron chi connectivity index (χ1n) is 5.33. The lowest BCUT2D eigenvalue weighted by molar-refractivity contribution is 0.359. The van der Waals surface area contributed by atoms with Crippen LogP contribution in [-0.4, -0.2) is 12.2 Å². The molecule has 0 aromatic heterocycles. The van der Waals surface area contributed by atoms with Crippen LogP contribution in [0.25, 0.3) is 0 Å². The highest BCUT2D eigenvalue weighted by atomic mass is 35.5. The summed E-state index contributed by atoms with van der Waals surface area (Å²) in [6.07, 6.45) is 0. The van der Waals surface area contributed by atoms with E-state index in [1.807, 2.05) is 0 Å². The summed E-state index contributed by atoms with van der Waals surface area (Å²) in [5.41, 5.74) is 0. The van der Waals surface area contributed by atoms with E-state index in [1.54, 1.807) is 24.3 Å². The molecule has 0 saturated heterocycles. The van der Waals surface area contributed by atoms with Gasteiger partial charge in [0.25, 0.3) is 0 Å². The van der Waals surface area contributed by atoms with Gasteiger partial charge in [-0.05, 0) is 0 Å². The van der Waals surface area contributed by atoms with E-state index in [0.717, 1.165) is 7.11 Å². The van der Waals surface area contributed by atoms with E-state index < -0.39 is 0 Å². The SMILES string of the molecule is CO.Clc1cc2c(cc1Cl)Oc1cc(Cl)c(Cl)cc1O2. The van der Waals surface area contributed by atoms with E-state index in [4.69, 9.17) is 61.0 Å². The van der Waals surface area contributed by atoms with E-state index in [-0.39, 0.29) is 0 Å². The van der Waals surface area contributed by atoms with Crippen LogP contribution in [0, 0.1) is 0 Å². The number of fused-ring (bicyclic) bond motifs is 2. The van der Waals surface area contributed by atoms with Crippen LogP contribution in [0.5, 0.6) is 23.0 Å². The summed E-state index contributed by atoms with van der Waals surface area (Å²) in [5.74, 6) is 1.93. The van der Waals surface area contributed by atoms with Gasteiger partial charge in [0.1, 0.15) is 0 Å². The van der Waals surface area contributed by atoms with Gasteiger partial charge in [0.05, 0.1) is 20.1 Å². The van der Waals surface area contributed by atoms with Crippen molar-refractivity contribution in [3.8, 4) is 23.0 Å². The Balaban J connectivity index is 0.000000704. The molecule has 0 bridgehead atoms. The minimum absolute atomic E-state index is 0.391. The van der Waals surface area contributed by atoms with Gasteiger partial charge >= 0.3 is 0 Å². The second-order valence-corrected chi connectivity index (χ2v) is 5.26. The minimum atomic E-state index is 0.391. The van der Waals surface area contributed by atoms with Crippen LogP contribution >= 0.6 is 46.4 Å². The highest BCUT2D eigenvalue weighted by Crippen LogP contribution is 2.49. The lowest BCUT2D eigenvalue weighted by Crippen LogP contribution is -1.99. The van der Waals surface area contributed by atoms with Crippen molar-refractivity contribution in [2.24, 2.45) is 0 Å². The molecule has 0 fully saturated rings. The summed E-state index contributed by atoms with van der Waals surface area (Å²) in [6.45, 7) is 0. The summed E-state index contributed by atoms with van der Waals surface area (Å²) in [6, 6.07) is 6.35. The number of aliphatic hydroxyl groups is 1. The summed E-state index contributed by atoms with van der Waals surface area (Å²) in [4.78, 5) is 0. The van der Waals surface area contributed by atoms with Gasteiger partial charge in [-0.25, -0.2) is 0 Å². The average molecular weight is 354 g/mol. The van der Waals surface area contributed by atoms with E-state index in [1.165, 1.54) is 0 Å². The molecule has 20 heavy (non-hydrogen) atoms. The second kappa shape index (κ2) is 6.29. The van der Waals surface area contributed by atoms with Gasteiger partial charge in [-0.15, -0.1) is 0 Å². The Bertz CT molecular complexity index is 547. The predicted octanol–water partition coefficient (Wildman–Crippen LogP) is 5.81. The number of halogens is 4. The standard InChI is InChI=1S/C12H4Cl4O2.CH4O/c13-5-1-9-10(2-6(5)14)18-12-4-8(16)7(15)3-11(12)17-9;1-2/h1-4H;2H,1H3. The van der Waals surface area contributed by atoms with Crippen LogP contribution in [0.15, 0.2) is 24.3 Å². The lowest BCUT2D eigenvalue weighted by atomic mass is 10.2. The maximum Gasteiger partial charge on any atom is 0.171 e. The number of rotatable bonds is 0. The van der Waals surface area contributed by atoms with Crippen LogP contribution in [-0.2, 0) is 0 Å². The van der Waals surface area contributed by atoms with Crippen molar-refractivity contribution in [1.82, 2.24) is 0 Å². The molecule has 106 valence electrons. The fourth-order valence-corrected chi connectivity index (χ4v) is 2.19. The highest BCUT2D eigenvalue weighted by Gasteiger charge is 2.21. The number of hydrogen-bond acceptors (Lipinski definition) is 3. The molecule has 3 rings (SSSR count). The quantitative estimate of drug-likeness (QED) is 0.554. The van der Waals surface area contributed by atoms with Gasteiger partial charge < -0.3 is 14.6 Å². The van der Waals surface area contributed by atoms with Crippen molar-refractivity contribution in [3.05, 3.63) is 44.4 Å². The number of ether oxygens (including phenoxy) is 2. The Morgan fingerprint density at radius 3 is 1.00 bits per heavy atom. The van der Waals surface area contributed by atoms with Crippen LogP contribution in [0.1, 0.15) is 0 Å². The lowest BCUT2D eigenvalue weighted by Gasteiger charge is -2.21. The zero-order chi connectivity index (χ0) is 14.9. The number of hydrogen-bond donors (Lipinski definition) is 1. The van der Waals surface area contributed by atoms with Gasteiger partial charge in [-0.3, -0.25) is 0 Å². The highest BCUT2D eigenvalue weighted by molar-refractivity contribution is 6.42. The van der Waals surface area contributed by atoms with Gasteiger partial charge in [0.15, 0.2) is 23.0 Å². The third kappa shape index (κ3) is 2.92. The van der Waals surface area contributed by atoms with Crippen LogP contribution < -0.4 is 9.47 Å². The first-order valence-corrected chi connectivity index (χ1v) is 6.84. The molecule has 0 radical (unpaired) electrons. The Morgan fingerprint density at radius 2 is 0.800 bits per heavy atom. The molecule has 0 unspecified atom stereocenters. The molecule has 7 heteroatoms. The van der Waals surface area contributed by atoms with Crippen molar-refractivity contribution >= 4 is 46.4 Å². The van der Waals surface area contributed by atoms with Gasteiger partial charge in [0.2, 0.25) is 0 Å². The summed E-state index contributed by atoms with van der Waals surface area (Å²) < 4.78 is 11.3. The summed E-state index contributed by atoms with van der Waals surface area (Å²) in [5, 5.41) is 8.56. The van der Waals surface area contributed by atoms with Crippen LogP contribution in [0.3, 0.4) is 0 Å². The molecule has 1 aliphatic heterocycles. The molecular weight excluding hydrogens is 346 g/mol. The van der Waals surface area contributed by atoms with E-state index in [9.17, 15) is 0 Å². The van der Waals surface area contributed by atoms with Gasteiger partial charge in [0, 0.05) is 31.4 Å². The molecule has 0 saturated carbocycles. The first-order chi connectivity index (χ1) is 9.54. The van der Waals surface area contributed by atoms with E-state index >= 15 is 0 Å². The number of benzene rings is 2.